The Morgan fingerprint density at radius 3 is 2.48 bits per heavy atom. The van der Waals surface area contributed by atoms with Gasteiger partial charge in [-0.05, 0) is 61.1 Å². The fraction of sp³-hybridized carbons (Fsp3) is 0.250. The van der Waals surface area contributed by atoms with E-state index in [0.29, 0.717) is 5.56 Å². The van der Waals surface area contributed by atoms with Gasteiger partial charge in [0.15, 0.2) is 0 Å². The van der Waals surface area contributed by atoms with Crippen LogP contribution in [0.5, 0.6) is 5.75 Å². The summed E-state index contributed by atoms with van der Waals surface area (Å²) in [7, 11) is 0. The predicted octanol–water partition coefficient (Wildman–Crippen LogP) is 4.66. The molecule has 1 fully saturated rings. The number of esters is 1. The van der Waals surface area contributed by atoms with Gasteiger partial charge in [0.1, 0.15) is 11.4 Å². The maximum absolute atomic E-state index is 12.6. The lowest BCUT2D eigenvalue weighted by Gasteiger charge is -2.29. The SMILES string of the molecule is C=Cc1cccc(C(=O)OC2(c3ccc(O)cc3)CCCC2)c1. The molecule has 118 valence electrons. The Kier molecular flexibility index (Phi) is 4.20. The maximum Gasteiger partial charge on any atom is 0.339 e. The topological polar surface area (TPSA) is 46.5 Å². The average molecular weight is 308 g/mol. The number of carbonyl (C=O) groups excluding carboxylic acids is 1. The Bertz CT molecular complexity index is 710. The molecule has 1 saturated carbocycles. The van der Waals surface area contributed by atoms with Gasteiger partial charge in [0.05, 0.1) is 5.56 Å². The molecule has 0 aliphatic heterocycles. The molecule has 2 aromatic carbocycles. The molecule has 3 heteroatoms. The molecule has 0 amide bonds. The van der Waals surface area contributed by atoms with Crippen LogP contribution in [0.15, 0.2) is 55.1 Å². The van der Waals surface area contributed by atoms with Crippen molar-refractivity contribution >= 4 is 12.0 Å². The van der Waals surface area contributed by atoms with Crippen LogP contribution in [0, 0.1) is 0 Å². The van der Waals surface area contributed by atoms with Crippen LogP contribution < -0.4 is 0 Å². The first-order chi connectivity index (χ1) is 11.1. The summed E-state index contributed by atoms with van der Waals surface area (Å²) < 4.78 is 5.96. The molecule has 23 heavy (non-hydrogen) atoms. The Balaban J connectivity index is 1.88. The summed E-state index contributed by atoms with van der Waals surface area (Å²) in [5.74, 6) is -0.101. The molecule has 3 rings (SSSR count). The van der Waals surface area contributed by atoms with Crippen molar-refractivity contribution in [1.29, 1.82) is 0 Å². The van der Waals surface area contributed by atoms with Gasteiger partial charge in [-0.2, -0.15) is 0 Å². The molecule has 0 saturated heterocycles. The van der Waals surface area contributed by atoms with Crippen LogP contribution in [0.25, 0.3) is 6.08 Å². The number of hydrogen-bond acceptors (Lipinski definition) is 3. The van der Waals surface area contributed by atoms with E-state index in [1.165, 1.54) is 0 Å². The number of phenols is 1. The van der Waals surface area contributed by atoms with Crippen molar-refractivity contribution in [2.45, 2.75) is 31.3 Å². The van der Waals surface area contributed by atoms with E-state index >= 15 is 0 Å². The van der Waals surface area contributed by atoms with E-state index in [1.807, 2.05) is 24.3 Å². The number of aromatic hydroxyl groups is 1. The van der Waals surface area contributed by atoms with Crippen molar-refractivity contribution in [3.63, 3.8) is 0 Å². The second-order valence-electron chi connectivity index (χ2n) is 5.97. The van der Waals surface area contributed by atoms with Gasteiger partial charge in [-0.25, -0.2) is 4.79 Å². The van der Waals surface area contributed by atoms with Crippen LogP contribution in [-0.4, -0.2) is 11.1 Å². The Hall–Kier alpha value is -2.55. The molecule has 0 spiro atoms. The molecular formula is C20H20O3. The zero-order valence-corrected chi connectivity index (χ0v) is 13.0. The molecule has 2 aromatic rings. The highest BCUT2D eigenvalue weighted by Crippen LogP contribution is 2.43. The minimum atomic E-state index is -0.588. The van der Waals surface area contributed by atoms with E-state index < -0.39 is 5.60 Å². The minimum Gasteiger partial charge on any atom is -0.508 e. The van der Waals surface area contributed by atoms with Crippen LogP contribution in [0.3, 0.4) is 0 Å². The number of rotatable bonds is 4. The molecule has 1 aliphatic carbocycles. The number of carbonyl (C=O) groups is 1. The van der Waals surface area contributed by atoms with Gasteiger partial charge in [-0.3, -0.25) is 0 Å². The average Bonchev–Trinajstić information content (AvgIpc) is 3.05. The fourth-order valence-corrected chi connectivity index (χ4v) is 3.19. The van der Waals surface area contributed by atoms with E-state index in [1.54, 1.807) is 30.3 Å². The van der Waals surface area contributed by atoms with E-state index in [2.05, 4.69) is 6.58 Å². The normalized spacial score (nSPS) is 16.0. The standard InChI is InChI=1S/C20H20O3/c1-2-15-6-5-7-16(14-15)19(22)23-20(12-3-4-13-20)17-8-10-18(21)11-9-17/h2,5-11,14,21H,1,3-4,12-13H2. The largest absolute Gasteiger partial charge is 0.508 e. The molecule has 0 aromatic heterocycles. The van der Waals surface area contributed by atoms with E-state index in [9.17, 15) is 9.90 Å². The lowest BCUT2D eigenvalue weighted by atomic mass is 9.91. The highest BCUT2D eigenvalue weighted by Gasteiger charge is 2.39. The summed E-state index contributed by atoms with van der Waals surface area (Å²) in [4.78, 5) is 12.6. The fourth-order valence-electron chi connectivity index (χ4n) is 3.19. The molecular weight excluding hydrogens is 288 g/mol. The van der Waals surface area contributed by atoms with Crippen LogP contribution in [-0.2, 0) is 10.3 Å². The second kappa shape index (κ2) is 6.29. The Morgan fingerprint density at radius 2 is 1.83 bits per heavy atom. The van der Waals surface area contributed by atoms with Gasteiger partial charge in [0.25, 0.3) is 0 Å². The number of phenolic OH excluding ortho intramolecular Hbond substituents is 1. The van der Waals surface area contributed by atoms with Crippen LogP contribution in [0.1, 0.15) is 47.2 Å². The lowest BCUT2D eigenvalue weighted by Crippen LogP contribution is -2.29. The molecule has 0 bridgehead atoms. The summed E-state index contributed by atoms with van der Waals surface area (Å²) in [5.41, 5.74) is 1.78. The smallest absolute Gasteiger partial charge is 0.339 e. The molecule has 1 N–H and O–H groups in total. The van der Waals surface area contributed by atoms with E-state index in [-0.39, 0.29) is 11.7 Å². The van der Waals surface area contributed by atoms with Gasteiger partial charge in [-0.1, -0.05) is 36.9 Å². The maximum atomic E-state index is 12.6. The zero-order valence-electron chi connectivity index (χ0n) is 13.0. The molecule has 0 atom stereocenters. The second-order valence-corrected chi connectivity index (χ2v) is 5.97. The summed E-state index contributed by atoms with van der Waals surface area (Å²) in [6.07, 6.45) is 5.39. The van der Waals surface area contributed by atoms with Crippen molar-refractivity contribution in [2.75, 3.05) is 0 Å². The van der Waals surface area contributed by atoms with Crippen molar-refractivity contribution < 1.29 is 14.6 Å². The summed E-state index contributed by atoms with van der Waals surface area (Å²) in [6.45, 7) is 3.73. The number of hydrogen-bond donors (Lipinski definition) is 1. The van der Waals surface area contributed by atoms with Gasteiger partial charge >= 0.3 is 5.97 Å². The van der Waals surface area contributed by atoms with Crippen LogP contribution in [0.4, 0.5) is 0 Å². The summed E-state index contributed by atoms with van der Waals surface area (Å²) >= 11 is 0. The first-order valence-corrected chi connectivity index (χ1v) is 7.88. The van der Waals surface area contributed by atoms with Gasteiger partial charge in [-0.15, -0.1) is 0 Å². The van der Waals surface area contributed by atoms with Crippen molar-refractivity contribution in [3.8, 4) is 5.75 Å². The van der Waals surface area contributed by atoms with Crippen molar-refractivity contribution in [1.82, 2.24) is 0 Å². The van der Waals surface area contributed by atoms with Crippen molar-refractivity contribution in [3.05, 3.63) is 71.8 Å². The first kappa shape index (κ1) is 15.3. The molecule has 0 radical (unpaired) electrons. The summed E-state index contributed by atoms with van der Waals surface area (Å²) in [6, 6.07) is 14.2. The Morgan fingerprint density at radius 1 is 1.13 bits per heavy atom. The Labute approximate surface area is 136 Å². The minimum absolute atomic E-state index is 0.215. The number of benzene rings is 2. The van der Waals surface area contributed by atoms with Gasteiger partial charge < -0.3 is 9.84 Å². The third-order valence-electron chi connectivity index (χ3n) is 4.45. The number of ether oxygens (including phenoxy) is 1. The van der Waals surface area contributed by atoms with E-state index in [0.717, 1.165) is 36.8 Å². The highest BCUT2D eigenvalue weighted by molar-refractivity contribution is 5.90. The molecule has 0 heterocycles. The lowest BCUT2D eigenvalue weighted by molar-refractivity contribution is -0.0183. The van der Waals surface area contributed by atoms with E-state index in [4.69, 9.17) is 4.74 Å². The van der Waals surface area contributed by atoms with Crippen LogP contribution in [0.2, 0.25) is 0 Å². The third kappa shape index (κ3) is 3.14. The molecule has 3 nitrogen and oxygen atoms in total. The van der Waals surface area contributed by atoms with Crippen molar-refractivity contribution in [2.24, 2.45) is 0 Å². The van der Waals surface area contributed by atoms with Gasteiger partial charge in [0, 0.05) is 0 Å². The monoisotopic (exact) mass is 308 g/mol. The summed E-state index contributed by atoms with van der Waals surface area (Å²) in [5, 5.41) is 9.48. The zero-order chi connectivity index (χ0) is 16.3. The van der Waals surface area contributed by atoms with Crippen LogP contribution >= 0.6 is 0 Å². The molecule has 0 unspecified atom stereocenters. The predicted molar refractivity (Wildman–Crippen MR) is 90.2 cm³/mol. The van der Waals surface area contributed by atoms with Gasteiger partial charge in [0.2, 0.25) is 0 Å². The first-order valence-electron chi connectivity index (χ1n) is 7.88. The third-order valence-corrected chi connectivity index (χ3v) is 4.45. The highest BCUT2D eigenvalue weighted by atomic mass is 16.6. The molecule has 1 aliphatic rings. The quantitative estimate of drug-likeness (QED) is 0.835.